The van der Waals surface area contributed by atoms with Crippen molar-refractivity contribution in [3.05, 3.63) is 66.4 Å². The first-order valence-electron chi connectivity index (χ1n) is 6.02. The second-order valence-electron chi connectivity index (χ2n) is 4.49. The Bertz CT molecular complexity index is 638. The third-order valence-corrected chi connectivity index (χ3v) is 3.31. The van der Waals surface area contributed by atoms with Gasteiger partial charge in [-0.25, -0.2) is 0 Å². The molecule has 1 aliphatic heterocycles. The van der Waals surface area contributed by atoms with Crippen molar-refractivity contribution >= 4 is 10.9 Å². The lowest BCUT2D eigenvalue weighted by Crippen LogP contribution is -2.14. The Kier molecular flexibility index (Phi) is 2.52. The van der Waals surface area contributed by atoms with Crippen LogP contribution < -0.4 is 10.6 Å². The van der Waals surface area contributed by atoms with E-state index in [1.54, 1.807) is 0 Å². The molecule has 2 aromatic rings. The van der Waals surface area contributed by atoms with Gasteiger partial charge in [-0.3, -0.25) is 4.98 Å². The summed E-state index contributed by atoms with van der Waals surface area (Å²) in [5.74, 6) is 1.11. The third kappa shape index (κ3) is 1.74. The summed E-state index contributed by atoms with van der Waals surface area (Å²) in [7, 11) is 0. The highest BCUT2D eigenvalue weighted by Crippen LogP contribution is 2.29. The van der Waals surface area contributed by atoms with Crippen LogP contribution in [-0.2, 0) is 0 Å². The molecule has 1 aromatic heterocycles. The van der Waals surface area contributed by atoms with Gasteiger partial charge in [0.2, 0.25) is 0 Å². The van der Waals surface area contributed by atoms with E-state index >= 15 is 0 Å². The molecule has 3 rings (SSSR count). The van der Waals surface area contributed by atoms with E-state index in [1.165, 1.54) is 10.9 Å². The predicted molar refractivity (Wildman–Crippen MR) is 73.7 cm³/mol. The SMILES string of the molecule is C=C1NC=C(C(C)c2cccc3ncccc23)N1. The average Bonchev–Trinajstić information content (AvgIpc) is 2.84. The Morgan fingerprint density at radius 1 is 1.22 bits per heavy atom. The minimum absolute atomic E-state index is 0.282. The number of nitrogens with one attached hydrogen (secondary N) is 2. The second-order valence-corrected chi connectivity index (χ2v) is 4.49. The van der Waals surface area contributed by atoms with Crippen molar-refractivity contribution in [1.29, 1.82) is 0 Å². The van der Waals surface area contributed by atoms with Crippen molar-refractivity contribution in [2.75, 3.05) is 0 Å². The zero-order valence-electron chi connectivity index (χ0n) is 10.3. The van der Waals surface area contributed by atoms with Gasteiger partial charge in [0.1, 0.15) is 0 Å². The van der Waals surface area contributed by atoms with E-state index in [-0.39, 0.29) is 5.92 Å². The van der Waals surface area contributed by atoms with Gasteiger partial charge in [0, 0.05) is 29.4 Å². The standard InChI is InChI=1S/C15H15N3/c1-10(15-9-17-11(2)18-15)12-5-3-7-14-13(12)6-4-8-16-14/h3-10,17-18H,2H2,1H3. The Morgan fingerprint density at radius 3 is 2.89 bits per heavy atom. The largest absolute Gasteiger partial charge is 0.347 e. The monoisotopic (exact) mass is 237 g/mol. The molecule has 1 aromatic carbocycles. The molecule has 0 aliphatic carbocycles. The van der Waals surface area contributed by atoms with Gasteiger partial charge in [0.25, 0.3) is 0 Å². The molecule has 3 heteroatoms. The van der Waals surface area contributed by atoms with Crippen molar-refractivity contribution in [2.24, 2.45) is 0 Å². The molecule has 0 radical (unpaired) electrons. The molecule has 0 saturated heterocycles. The topological polar surface area (TPSA) is 37.0 Å². The van der Waals surface area contributed by atoms with Crippen LogP contribution in [0.1, 0.15) is 18.4 Å². The summed E-state index contributed by atoms with van der Waals surface area (Å²) in [4.78, 5) is 4.39. The van der Waals surface area contributed by atoms with Crippen LogP contribution in [-0.4, -0.2) is 4.98 Å². The van der Waals surface area contributed by atoms with E-state index in [4.69, 9.17) is 0 Å². The van der Waals surface area contributed by atoms with E-state index < -0.39 is 0 Å². The maximum atomic E-state index is 4.39. The molecule has 3 nitrogen and oxygen atoms in total. The van der Waals surface area contributed by atoms with Crippen LogP contribution in [0, 0.1) is 0 Å². The minimum atomic E-state index is 0.282. The van der Waals surface area contributed by atoms with Crippen LogP contribution in [0.4, 0.5) is 0 Å². The first-order valence-corrected chi connectivity index (χ1v) is 6.02. The molecular formula is C15H15N3. The van der Waals surface area contributed by atoms with Gasteiger partial charge in [0.15, 0.2) is 0 Å². The second kappa shape index (κ2) is 4.18. The number of pyridine rings is 1. The van der Waals surface area contributed by atoms with E-state index in [0.717, 1.165) is 17.0 Å². The molecule has 0 fully saturated rings. The molecule has 2 N–H and O–H groups in total. The first kappa shape index (κ1) is 10.8. The molecule has 1 atom stereocenters. The van der Waals surface area contributed by atoms with Gasteiger partial charge < -0.3 is 10.6 Å². The molecule has 1 unspecified atom stereocenters. The lowest BCUT2D eigenvalue weighted by atomic mass is 9.94. The normalized spacial score (nSPS) is 16.1. The Morgan fingerprint density at radius 2 is 2.11 bits per heavy atom. The van der Waals surface area contributed by atoms with Gasteiger partial charge in [-0.15, -0.1) is 0 Å². The molecule has 90 valence electrons. The smallest absolute Gasteiger partial charge is 0.0995 e. The summed E-state index contributed by atoms with van der Waals surface area (Å²) in [5, 5.41) is 7.54. The van der Waals surface area contributed by atoms with E-state index in [2.05, 4.69) is 47.3 Å². The Hall–Kier alpha value is -2.29. The van der Waals surface area contributed by atoms with E-state index in [1.807, 2.05) is 24.5 Å². The lowest BCUT2D eigenvalue weighted by Gasteiger charge is -2.15. The van der Waals surface area contributed by atoms with Crippen LogP contribution in [0.3, 0.4) is 0 Å². The molecule has 0 bridgehead atoms. The number of aromatic nitrogens is 1. The van der Waals surface area contributed by atoms with Crippen LogP contribution in [0.2, 0.25) is 0 Å². The van der Waals surface area contributed by atoms with Gasteiger partial charge >= 0.3 is 0 Å². The van der Waals surface area contributed by atoms with Crippen LogP contribution in [0.25, 0.3) is 10.9 Å². The quantitative estimate of drug-likeness (QED) is 0.843. The van der Waals surface area contributed by atoms with E-state index in [0.29, 0.717) is 0 Å². The molecular weight excluding hydrogens is 222 g/mol. The van der Waals surface area contributed by atoms with Crippen molar-refractivity contribution in [1.82, 2.24) is 15.6 Å². The van der Waals surface area contributed by atoms with Crippen molar-refractivity contribution in [2.45, 2.75) is 12.8 Å². The van der Waals surface area contributed by atoms with Crippen molar-refractivity contribution in [3.8, 4) is 0 Å². The summed E-state index contributed by atoms with van der Waals surface area (Å²) in [6, 6.07) is 10.3. The van der Waals surface area contributed by atoms with Gasteiger partial charge in [-0.1, -0.05) is 31.7 Å². The zero-order chi connectivity index (χ0) is 12.5. The maximum Gasteiger partial charge on any atom is 0.0995 e. The molecule has 18 heavy (non-hydrogen) atoms. The molecule has 0 saturated carbocycles. The number of hydrogen-bond acceptors (Lipinski definition) is 3. The lowest BCUT2D eigenvalue weighted by molar-refractivity contribution is 0.818. The van der Waals surface area contributed by atoms with Gasteiger partial charge in [-0.05, 0) is 17.7 Å². The zero-order valence-corrected chi connectivity index (χ0v) is 10.3. The van der Waals surface area contributed by atoms with Crippen molar-refractivity contribution in [3.63, 3.8) is 0 Å². The summed E-state index contributed by atoms with van der Waals surface area (Å²) in [5.41, 5.74) is 3.44. The van der Waals surface area contributed by atoms with Crippen LogP contribution >= 0.6 is 0 Å². The maximum absolute atomic E-state index is 4.39. The van der Waals surface area contributed by atoms with Crippen LogP contribution in [0.5, 0.6) is 0 Å². The summed E-state index contributed by atoms with van der Waals surface area (Å²) >= 11 is 0. The van der Waals surface area contributed by atoms with E-state index in [9.17, 15) is 0 Å². The minimum Gasteiger partial charge on any atom is -0.347 e. The predicted octanol–water partition coefficient (Wildman–Crippen LogP) is 2.84. The molecule has 2 heterocycles. The molecule has 0 amide bonds. The fourth-order valence-electron chi connectivity index (χ4n) is 2.32. The highest BCUT2D eigenvalue weighted by molar-refractivity contribution is 5.82. The highest BCUT2D eigenvalue weighted by Gasteiger charge is 2.17. The number of rotatable bonds is 2. The number of hydrogen-bond donors (Lipinski definition) is 2. The number of nitrogens with zero attached hydrogens (tertiary/aromatic N) is 1. The number of benzene rings is 1. The average molecular weight is 237 g/mol. The highest BCUT2D eigenvalue weighted by atomic mass is 15.1. The van der Waals surface area contributed by atoms with Gasteiger partial charge in [-0.2, -0.15) is 0 Å². The summed E-state index contributed by atoms with van der Waals surface area (Å²) in [6.45, 7) is 6.04. The van der Waals surface area contributed by atoms with Gasteiger partial charge in [0.05, 0.1) is 11.3 Å². The van der Waals surface area contributed by atoms with Crippen LogP contribution in [0.15, 0.2) is 60.8 Å². The fraction of sp³-hybridized carbons (Fsp3) is 0.133. The van der Waals surface area contributed by atoms with Crippen molar-refractivity contribution < 1.29 is 0 Å². The molecule has 0 spiro atoms. The third-order valence-electron chi connectivity index (χ3n) is 3.31. The number of allylic oxidation sites excluding steroid dienone is 1. The molecule has 1 aliphatic rings. The number of fused-ring (bicyclic) bond motifs is 1. The fourth-order valence-corrected chi connectivity index (χ4v) is 2.32. The summed E-state index contributed by atoms with van der Waals surface area (Å²) in [6.07, 6.45) is 3.80. The summed E-state index contributed by atoms with van der Waals surface area (Å²) < 4.78 is 0. The first-order chi connectivity index (χ1) is 8.75. The Balaban J connectivity index is 2.06. The Labute approximate surface area is 106 Å².